The Morgan fingerprint density at radius 3 is 2.64 bits per heavy atom. The lowest BCUT2D eigenvalue weighted by molar-refractivity contribution is 0.272. The van der Waals surface area contributed by atoms with Crippen molar-refractivity contribution in [2.75, 3.05) is 46.8 Å². The van der Waals surface area contributed by atoms with Gasteiger partial charge in [0.15, 0.2) is 0 Å². The average Bonchev–Trinajstić information content (AvgIpc) is 2.25. The topological polar surface area (TPSA) is 27.3 Å². The molecular weight excluding hydrogens is 174 g/mol. The molecule has 0 aromatic heterocycles. The SMILES string of the molecule is CNCCN(C)CCC1CCNCC1. The van der Waals surface area contributed by atoms with Crippen molar-refractivity contribution < 1.29 is 0 Å². The molecule has 1 rings (SSSR count). The highest BCUT2D eigenvalue weighted by Crippen LogP contribution is 2.15. The first-order valence-electron chi connectivity index (χ1n) is 5.87. The van der Waals surface area contributed by atoms with E-state index in [1.165, 1.54) is 45.4 Å². The molecule has 0 atom stereocenters. The van der Waals surface area contributed by atoms with Gasteiger partial charge in [0.2, 0.25) is 0 Å². The molecule has 0 unspecified atom stereocenters. The highest BCUT2D eigenvalue weighted by Gasteiger charge is 2.12. The van der Waals surface area contributed by atoms with E-state index in [4.69, 9.17) is 0 Å². The first-order chi connectivity index (χ1) is 6.83. The summed E-state index contributed by atoms with van der Waals surface area (Å²) in [6.45, 7) is 5.98. The molecule has 1 heterocycles. The van der Waals surface area contributed by atoms with Gasteiger partial charge < -0.3 is 15.5 Å². The van der Waals surface area contributed by atoms with Gasteiger partial charge in [-0.05, 0) is 58.9 Å². The van der Waals surface area contributed by atoms with Crippen LogP contribution in [0.15, 0.2) is 0 Å². The lowest BCUT2D eigenvalue weighted by Gasteiger charge is -2.25. The van der Waals surface area contributed by atoms with E-state index in [-0.39, 0.29) is 0 Å². The molecule has 0 spiro atoms. The number of piperidine rings is 1. The van der Waals surface area contributed by atoms with Crippen LogP contribution in [0, 0.1) is 5.92 Å². The number of rotatable bonds is 6. The predicted octanol–water partition coefficient (Wildman–Crippen LogP) is 0.527. The van der Waals surface area contributed by atoms with Gasteiger partial charge in [-0.2, -0.15) is 0 Å². The second-order valence-electron chi connectivity index (χ2n) is 4.39. The summed E-state index contributed by atoms with van der Waals surface area (Å²) >= 11 is 0. The highest BCUT2D eigenvalue weighted by atomic mass is 15.1. The van der Waals surface area contributed by atoms with Crippen LogP contribution in [-0.2, 0) is 0 Å². The third kappa shape index (κ3) is 4.94. The molecule has 0 amide bonds. The molecule has 0 bridgehead atoms. The Kier molecular flexibility index (Phi) is 6.15. The van der Waals surface area contributed by atoms with Crippen LogP contribution in [0.25, 0.3) is 0 Å². The lowest BCUT2D eigenvalue weighted by Crippen LogP contribution is -2.32. The molecule has 3 nitrogen and oxygen atoms in total. The summed E-state index contributed by atoms with van der Waals surface area (Å²) in [6.07, 6.45) is 4.13. The lowest BCUT2D eigenvalue weighted by atomic mass is 9.94. The van der Waals surface area contributed by atoms with Crippen LogP contribution >= 0.6 is 0 Å². The molecule has 3 heteroatoms. The summed E-state index contributed by atoms with van der Waals surface area (Å²) < 4.78 is 0. The van der Waals surface area contributed by atoms with Crippen molar-refractivity contribution in [3.63, 3.8) is 0 Å². The van der Waals surface area contributed by atoms with E-state index in [9.17, 15) is 0 Å². The molecule has 0 aliphatic carbocycles. The Balaban J connectivity index is 2.00. The summed E-state index contributed by atoms with van der Waals surface area (Å²) in [6, 6.07) is 0. The van der Waals surface area contributed by atoms with Crippen LogP contribution in [0.5, 0.6) is 0 Å². The van der Waals surface area contributed by atoms with Crippen molar-refractivity contribution in [3.05, 3.63) is 0 Å². The van der Waals surface area contributed by atoms with Crippen molar-refractivity contribution >= 4 is 0 Å². The Bertz CT molecular complexity index is 132. The normalized spacial score (nSPS) is 19.1. The Morgan fingerprint density at radius 1 is 1.29 bits per heavy atom. The Labute approximate surface area is 88.2 Å². The molecule has 1 aliphatic heterocycles. The van der Waals surface area contributed by atoms with E-state index in [0.717, 1.165) is 12.5 Å². The Hall–Kier alpha value is -0.120. The van der Waals surface area contributed by atoms with Gasteiger partial charge in [-0.15, -0.1) is 0 Å². The Morgan fingerprint density at radius 2 is 2.00 bits per heavy atom. The molecule has 1 fully saturated rings. The molecule has 14 heavy (non-hydrogen) atoms. The van der Waals surface area contributed by atoms with Crippen LogP contribution in [0.3, 0.4) is 0 Å². The summed E-state index contributed by atoms with van der Waals surface area (Å²) in [5.41, 5.74) is 0. The van der Waals surface area contributed by atoms with Gasteiger partial charge in [-0.3, -0.25) is 0 Å². The minimum atomic E-state index is 0.966. The average molecular weight is 199 g/mol. The monoisotopic (exact) mass is 199 g/mol. The predicted molar refractivity (Wildman–Crippen MR) is 61.6 cm³/mol. The maximum Gasteiger partial charge on any atom is 0.0104 e. The van der Waals surface area contributed by atoms with Crippen LogP contribution < -0.4 is 10.6 Å². The fourth-order valence-electron chi connectivity index (χ4n) is 1.99. The third-order valence-electron chi connectivity index (χ3n) is 3.12. The van der Waals surface area contributed by atoms with Crippen LogP contribution in [0.2, 0.25) is 0 Å². The molecule has 2 N–H and O–H groups in total. The van der Waals surface area contributed by atoms with Crippen molar-refractivity contribution in [1.29, 1.82) is 0 Å². The molecule has 0 saturated carbocycles. The third-order valence-corrected chi connectivity index (χ3v) is 3.12. The fourth-order valence-corrected chi connectivity index (χ4v) is 1.99. The first-order valence-corrected chi connectivity index (χ1v) is 5.87. The number of nitrogens with one attached hydrogen (secondary N) is 2. The smallest absolute Gasteiger partial charge is 0.0104 e. The van der Waals surface area contributed by atoms with Gasteiger partial charge in [0, 0.05) is 13.1 Å². The van der Waals surface area contributed by atoms with Crippen LogP contribution in [0.4, 0.5) is 0 Å². The number of hydrogen-bond donors (Lipinski definition) is 2. The van der Waals surface area contributed by atoms with Crippen LogP contribution in [0.1, 0.15) is 19.3 Å². The summed E-state index contributed by atoms with van der Waals surface area (Å²) in [4.78, 5) is 2.43. The zero-order valence-corrected chi connectivity index (χ0v) is 9.68. The van der Waals surface area contributed by atoms with Crippen molar-refractivity contribution in [2.24, 2.45) is 5.92 Å². The first kappa shape index (κ1) is 12.0. The molecule has 0 aromatic carbocycles. The summed E-state index contributed by atoms with van der Waals surface area (Å²) in [5, 5.41) is 6.60. The summed E-state index contributed by atoms with van der Waals surface area (Å²) in [7, 11) is 4.24. The fraction of sp³-hybridized carbons (Fsp3) is 1.00. The number of nitrogens with zero attached hydrogens (tertiary/aromatic N) is 1. The van der Waals surface area contributed by atoms with E-state index in [1.807, 2.05) is 7.05 Å². The zero-order valence-electron chi connectivity index (χ0n) is 9.68. The second kappa shape index (κ2) is 7.21. The van der Waals surface area contributed by atoms with Crippen molar-refractivity contribution in [1.82, 2.24) is 15.5 Å². The minimum absolute atomic E-state index is 0.966. The molecule has 0 radical (unpaired) electrons. The van der Waals surface area contributed by atoms with Gasteiger partial charge in [-0.25, -0.2) is 0 Å². The van der Waals surface area contributed by atoms with Gasteiger partial charge in [-0.1, -0.05) is 0 Å². The number of likely N-dealkylation sites (N-methyl/N-ethyl adjacent to an activating group) is 2. The molecular formula is C11H25N3. The van der Waals surface area contributed by atoms with E-state index in [2.05, 4.69) is 22.6 Å². The minimum Gasteiger partial charge on any atom is -0.318 e. The van der Waals surface area contributed by atoms with E-state index in [0.29, 0.717) is 0 Å². The standard InChI is InChI=1S/C11H25N3/c1-12-8-10-14(2)9-5-11-3-6-13-7-4-11/h11-13H,3-10H2,1-2H3. The van der Waals surface area contributed by atoms with E-state index < -0.39 is 0 Å². The second-order valence-corrected chi connectivity index (χ2v) is 4.39. The quantitative estimate of drug-likeness (QED) is 0.653. The van der Waals surface area contributed by atoms with E-state index >= 15 is 0 Å². The van der Waals surface area contributed by atoms with Crippen LogP contribution in [-0.4, -0.2) is 51.7 Å². The van der Waals surface area contributed by atoms with Crippen molar-refractivity contribution in [3.8, 4) is 0 Å². The molecule has 1 aliphatic rings. The maximum atomic E-state index is 3.41. The largest absolute Gasteiger partial charge is 0.318 e. The zero-order chi connectivity index (χ0) is 10.2. The van der Waals surface area contributed by atoms with Crippen molar-refractivity contribution in [2.45, 2.75) is 19.3 Å². The molecule has 1 saturated heterocycles. The maximum absolute atomic E-state index is 3.41. The molecule has 0 aromatic rings. The van der Waals surface area contributed by atoms with E-state index in [1.54, 1.807) is 0 Å². The summed E-state index contributed by atoms with van der Waals surface area (Å²) in [5.74, 6) is 0.966. The molecule has 84 valence electrons. The van der Waals surface area contributed by atoms with Gasteiger partial charge >= 0.3 is 0 Å². The van der Waals surface area contributed by atoms with Gasteiger partial charge in [0.05, 0.1) is 0 Å². The number of hydrogen-bond acceptors (Lipinski definition) is 3. The van der Waals surface area contributed by atoms with Gasteiger partial charge in [0.25, 0.3) is 0 Å². The highest BCUT2D eigenvalue weighted by molar-refractivity contribution is 4.69. The van der Waals surface area contributed by atoms with Gasteiger partial charge in [0.1, 0.15) is 0 Å².